The van der Waals surface area contributed by atoms with Crippen LogP contribution in [-0.4, -0.2) is 35.5 Å². The Kier molecular flexibility index (Phi) is 3.64. The molecule has 0 radical (unpaired) electrons. The van der Waals surface area contributed by atoms with Gasteiger partial charge in [-0.05, 0) is 37.6 Å². The van der Waals surface area contributed by atoms with Crippen LogP contribution >= 0.6 is 0 Å². The Morgan fingerprint density at radius 1 is 1.53 bits per heavy atom. The molecular weight excluding hydrogens is 216 g/mol. The zero-order valence-corrected chi connectivity index (χ0v) is 10.0. The Bertz CT molecular complexity index is 402. The predicted octanol–water partition coefficient (Wildman–Crippen LogP) is 1.10. The number of carbonyl (C=O) groups excluding carboxylic acids is 1. The fraction of sp³-hybridized carbons (Fsp3) is 0.462. The van der Waals surface area contributed by atoms with E-state index in [0.29, 0.717) is 19.1 Å². The second kappa shape index (κ2) is 5.19. The highest BCUT2D eigenvalue weighted by atomic mass is 16.3. The van der Waals surface area contributed by atoms with E-state index in [2.05, 4.69) is 5.32 Å². The number of likely N-dealkylation sites (N-methyl/N-ethyl adjacent to an activating group) is 1. The first-order chi connectivity index (χ1) is 8.20. The first-order valence-corrected chi connectivity index (χ1v) is 5.92. The van der Waals surface area contributed by atoms with Crippen molar-refractivity contribution < 1.29 is 9.90 Å². The van der Waals surface area contributed by atoms with Crippen molar-refractivity contribution >= 4 is 5.91 Å². The molecule has 0 spiro atoms. The van der Waals surface area contributed by atoms with E-state index in [0.717, 1.165) is 18.4 Å². The first-order valence-electron chi connectivity index (χ1n) is 5.92. The summed E-state index contributed by atoms with van der Waals surface area (Å²) in [5, 5.41) is 12.3. The molecule has 0 bridgehead atoms. The summed E-state index contributed by atoms with van der Waals surface area (Å²) in [6.07, 6.45) is 2.18. The fourth-order valence-corrected chi connectivity index (χ4v) is 1.91. The van der Waals surface area contributed by atoms with Gasteiger partial charge in [-0.25, -0.2) is 0 Å². The van der Waals surface area contributed by atoms with E-state index in [1.165, 1.54) is 0 Å². The normalized spacial score (nSPS) is 14.6. The van der Waals surface area contributed by atoms with Crippen LogP contribution in [0.25, 0.3) is 0 Å². The average molecular weight is 234 g/mol. The lowest BCUT2D eigenvalue weighted by molar-refractivity contribution is -0.131. The summed E-state index contributed by atoms with van der Waals surface area (Å²) < 4.78 is 0. The van der Waals surface area contributed by atoms with Crippen molar-refractivity contribution in [3.8, 4) is 5.75 Å². The smallest absolute Gasteiger partial charge is 0.237 e. The Morgan fingerprint density at radius 2 is 2.29 bits per heavy atom. The number of rotatable bonds is 5. The molecule has 0 heterocycles. The maximum absolute atomic E-state index is 11.9. The summed E-state index contributed by atoms with van der Waals surface area (Å²) in [7, 11) is 1.78. The third kappa shape index (κ3) is 3.20. The number of aromatic hydroxyl groups is 1. The molecule has 1 amide bonds. The summed E-state index contributed by atoms with van der Waals surface area (Å²) in [6.45, 7) is 0.953. The molecule has 1 saturated carbocycles. The third-order valence-electron chi connectivity index (χ3n) is 2.90. The molecule has 2 rings (SSSR count). The van der Waals surface area contributed by atoms with Crippen LogP contribution in [0.4, 0.5) is 0 Å². The summed E-state index contributed by atoms with van der Waals surface area (Å²) in [4.78, 5) is 13.8. The average Bonchev–Trinajstić information content (AvgIpc) is 3.10. The molecule has 0 unspecified atom stereocenters. The van der Waals surface area contributed by atoms with Gasteiger partial charge in [0.25, 0.3) is 0 Å². The summed E-state index contributed by atoms with van der Waals surface area (Å²) >= 11 is 0. The standard InChI is InChI=1S/C13H18N2O2/c1-14-8-13(17)15(11-5-6-11)9-10-3-2-4-12(16)7-10/h2-4,7,11,14,16H,5-6,8-9H2,1H3. The Hall–Kier alpha value is -1.55. The molecular formula is C13H18N2O2. The quantitative estimate of drug-likeness (QED) is 0.802. The Morgan fingerprint density at radius 3 is 2.88 bits per heavy atom. The summed E-state index contributed by atoms with van der Waals surface area (Å²) in [5.74, 6) is 0.373. The van der Waals surface area contributed by atoms with Crippen molar-refractivity contribution in [1.29, 1.82) is 0 Å². The number of hydrogen-bond donors (Lipinski definition) is 2. The molecule has 0 aromatic heterocycles. The maximum atomic E-state index is 11.9. The molecule has 0 aliphatic heterocycles. The van der Waals surface area contributed by atoms with E-state index >= 15 is 0 Å². The monoisotopic (exact) mass is 234 g/mol. The van der Waals surface area contributed by atoms with E-state index in [1.807, 2.05) is 11.0 Å². The minimum atomic E-state index is 0.123. The van der Waals surface area contributed by atoms with E-state index in [9.17, 15) is 9.90 Å². The van der Waals surface area contributed by atoms with Crippen LogP contribution in [0.2, 0.25) is 0 Å². The summed E-state index contributed by atoms with van der Waals surface area (Å²) in [6, 6.07) is 7.47. The molecule has 1 aliphatic carbocycles. The molecule has 0 saturated heterocycles. The van der Waals surface area contributed by atoms with Gasteiger partial charge in [-0.2, -0.15) is 0 Å². The number of phenolic OH excluding ortho intramolecular Hbond substituents is 1. The van der Waals surface area contributed by atoms with Crippen molar-refractivity contribution in [2.45, 2.75) is 25.4 Å². The van der Waals surface area contributed by atoms with E-state index in [-0.39, 0.29) is 11.7 Å². The number of phenols is 1. The fourth-order valence-electron chi connectivity index (χ4n) is 1.91. The van der Waals surface area contributed by atoms with E-state index < -0.39 is 0 Å². The van der Waals surface area contributed by atoms with Crippen LogP contribution in [0, 0.1) is 0 Å². The second-order valence-corrected chi connectivity index (χ2v) is 4.45. The van der Waals surface area contributed by atoms with Gasteiger partial charge >= 0.3 is 0 Å². The molecule has 4 heteroatoms. The van der Waals surface area contributed by atoms with Gasteiger partial charge in [-0.3, -0.25) is 4.79 Å². The molecule has 1 aromatic rings. The largest absolute Gasteiger partial charge is 0.508 e. The third-order valence-corrected chi connectivity index (χ3v) is 2.90. The van der Waals surface area contributed by atoms with Gasteiger partial charge in [-0.15, -0.1) is 0 Å². The molecule has 4 nitrogen and oxygen atoms in total. The number of carbonyl (C=O) groups is 1. The highest BCUT2D eigenvalue weighted by Gasteiger charge is 2.31. The molecule has 1 aliphatic rings. The molecule has 1 aromatic carbocycles. The molecule has 1 fully saturated rings. The zero-order valence-electron chi connectivity index (χ0n) is 10.0. The SMILES string of the molecule is CNCC(=O)N(Cc1cccc(O)c1)C1CC1. The van der Waals surface area contributed by atoms with Gasteiger partial charge in [0.2, 0.25) is 5.91 Å². The van der Waals surface area contributed by atoms with Gasteiger partial charge < -0.3 is 15.3 Å². The van der Waals surface area contributed by atoms with Crippen LogP contribution in [-0.2, 0) is 11.3 Å². The van der Waals surface area contributed by atoms with Crippen molar-refractivity contribution in [3.05, 3.63) is 29.8 Å². The lowest BCUT2D eigenvalue weighted by atomic mass is 10.2. The van der Waals surface area contributed by atoms with Crippen molar-refractivity contribution in [2.75, 3.05) is 13.6 Å². The van der Waals surface area contributed by atoms with Crippen LogP contribution in [0.15, 0.2) is 24.3 Å². The molecule has 17 heavy (non-hydrogen) atoms. The number of nitrogens with one attached hydrogen (secondary N) is 1. The lowest BCUT2D eigenvalue weighted by Crippen LogP contribution is -2.38. The van der Waals surface area contributed by atoms with E-state index in [1.54, 1.807) is 25.2 Å². The highest BCUT2D eigenvalue weighted by molar-refractivity contribution is 5.78. The maximum Gasteiger partial charge on any atom is 0.237 e. The highest BCUT2D eigenvalue weighted by Crippen LogP contribution is 2.28. The van der Waals surface area contributed by atoms with Gasteiger partial charge in [-0.1, -0.05) is 12.1 Å². The van der Waals surface area contributed by atoms with Gasteiger partial charge in [0.15, 0.2) is 0 Å². The van der Waals surface area contributed by atoms with E-state index in [4.69, 9.17) is 0 Å². The van der Waals surface area contributed by atoms with Crippen molar-refractivity contribution in [2.24, 2.45) is 0 Å². The first kappa shape index (κ1) is 11.9. The van der Waals surface area contributed by atoms with Crippen LogP contribution in [0.3, 0.4) is 0 Å². The Labute approximate surface area is 101 Å². The Balaban J connectivity index is 2.05. The van der Waals surface area contributed by atoms with Crippen molar-refractivity contribution in [3.63, 3.8) is 0 Å². The van der Waals surface area contributed by atoms with Crippen LogP contribution in [0.1, 0.15) is 18.4 Å². The van der Waals surface area contributed by atoms with Crippen LogP contribution < -0.4 is 5.32 Å². The topological polar surface area (TPSA) is 52.6 Å². The minimum Gasteiger partial charge on any atom is -0.508 e. The lowest BCUT2D eigenvalue weighted by Gasteiger charge is -2.22. The second-order valence-electron chi connectivity index (χ2n) is 4.45. The van der Waals surface area contributed by atoms with Crippen molar-refractivity contribution in [1.82, 2.24) is 10.2 Å². The van der Waals surface area contributed by atoms with Gasteiger partial charge in [0, 0.05) is 12.6 Å². The van der Waals surface area contributed by atoms with Gasteiger partial charge in [0.05, 0.1) is 6.54 Å². The molecule has 92 valence electrons. The minimum absolute atomic E-state index is 0.123. The number of benzene rings is 1. The summed E-state index contributed by atoms with van der Waals surface area (Å²) in [5.41, 5.74) is 0.973. The number of nitrogens with zero attached hydrogens (tertiary/aromatic N) is 1. The van der Waals surface area contributed by atoms with Gasteiger partial charge in [0.1, 0.15) is 5.75 Å². The number of hydrogen-bond acceptors (Lipinski definition) is 3. The molecule has 0 atom stereocenters. The number of amides is 1. The zero-order chi connectivity index (χ0) is 12.3. The van der Waals surface area contributed by atoms with Crippen LogP contribution in [0.5, 0.6) is 5.75 Å². The predicted molar refractivity (Wildman–Crippen MR) is 65.6 cm³/mol. The molecule has 2 N–H and O–H groups in total.